The fourth-order valence-corrected chi connectivity index (χ4v) is 4.74. The van der Waals surface area contributed by atoms with Gasteiger partial charge in [-0.15, -0.1) is 0 Å². The van der Waals surface area contributed by atoms with Gasteiger partial charge in [-0.3, -0.25) is 4.98 Å². The number of hydrogen-bond acceptors (Lipinski definition) is 6. The van der Waals surface area contributed by atoms with Crippen LogP contribution in [0.25, 0.3) is 5.70 Å². The van der Waals surface area contributed by atoms with E-state index in [9.17, 15) is 0 Å². The molecule has 3 aliphatic rings. The van der Waals surface area contributed by atoms with E-state index < -0.39 is 5.72 Å². The first kappa shape index (κ1) is 18.5. The van der Waals surface area contributed by atoms with Gasteiger partial charge in [0.05, 0.1) is 18.8 Å². The number of nitrogens with one attached hydrogen (secondary N) is 1. The molecule has 1 saturated heterocycles. The predicted octanol–water partition coefficient (Wildman–Crippen LogP) is 3.59. The summed E-state index contributed by atoms with van der Waals surface area (Å²) in [4.78, 5) is 6.82. The van der Waals surface area contributed by atoms with Gasteiger partial charge in [-0.1, -0.05) is 12.1 Å². The highest BCUT2D eigenvalue weighted by Crippen LogP contribution is 2.51. The lowest BCUT2D eigenvalue weighted by molar-refractivity contribution is -0.162. The number of fused-ring (bicyclic) bond motifs is 4. The highest BCUT2D eigenvalue weighted by molar-refractivity contribution is 5.67. The van der Waals surface area contributed by atoms with E-state index in [-0.39, 0.29) is 6.04 Å². The SMILES string of the molecule is COc1cccc2c1OC1(CCN(C(C)C)CC1)N1NC(c3cccnc3)=C[C@H]21. The molecular formula is C23H28N4O2. The van der Waals surface area contributed by atoms with Gasteiger partial charge in [0, 0.05) is 55.5 Å². The minimum absolute atomic E-state index is 0.0923. The smallest absolute Gasteiger partial charge is 0.183 e. The lowest BCUT2D eigenvalue weighted by Gasteiger charge is -2.52. The van der Waals surface area contributed by atoms with E-state index in [4.69, 9.17) is 9.47 Å². The molecule has 0 saturated carbocycles. The second kappa shape index (κ2) is 7.04. The quantitative estimate of drug-likeness (QED) is 0.862. The van der Waals surface area contributed by atoms with Gasteiger partial charge in [0.2, 0.25) is 0 Å². The average Bonchev–Trinajstić information content (AvgIpc) is 3.21. The summed E-state index contributed by atoms with van der Waals surface area (Å²) in [6.07, 6.45) is 7.85. The number of hydrazine groups is 1. The molecule has 0 unspecified atom stereocenters. The summed E-state index contributed by atoms with van der Waals surface area (Å²) in [7, 11) is 1.71. The molecule has 5 rings (SSSR count). The maximum absolute atomic E-state index is 6.77. The van der Waals surface area contributed by atoms with Crippen LogP contribution in [0, 0.1) is 0 Å². The van der Waals surface area contributed by atoms with Crippen molar-refractivity contribution in [2.24, 2.45) is 0 Å². The average molecular weight is 393 g/mol. The molecule has 1 atom stereocenters. The number of pyridine rings is 1. The molecule has 1 aromatic heterocycles. The molecule has 0 amide bonds. The number of hydrogen-bond donors (Lipinski definition) is 1. The van der Waals surface area contributed by atoms with Crippen LogP contribution in [0.3, 0.4) is 0 Å². The Labute approximate surface area is 172 Å². The molecular weight excluding hydrogens is 364 g/mol. The Morgan fingerprint density at radius 2 is 2.03 bits per heavy atom. The van der Waals surface area contributed by atoms with Crippen molar-refractivity contribution in [3.05, 3.63) is 59.9 Å². The van der Waals surface area contributed by atoms with Crippen LogP contribution in [0.5, 0.6) is 11.5 Å². The normalized spacial score (nSPS) is 23.2. The van der Waals surface area contributed by atoms with Crippen molar-refractivity contribution in [3.63, 3.8) is 0 Å². The van der Waals surface area contributed by atoms with Crippen LogP contribution in [0.4, 0.5) is 0 Å². The van der Waals surface area contributed by atoms with E-state index in [0.717, 1.165) is 54.3 Å². The fraction of sp³-hybridized carbons (Fsp3) is 0.435. The molecule has 1 spiro atoms. The Balaban J connectivity index is 1.56. The first-order chi connectivity index (χ1) is 14.1. The number of benzene rings is 1. The number of likely N-dealkylation sites (tertiary alicyclic amines) is 1. The molecule has 6 nitrogen and oxygen atoms in total. The Kier molecular flexibility index (Phi) is 4.48. The molecule has 1 aromatic carbocycles. The highest BCUT2D eigenvalue weighted by Gasteiger charge is 2.52. The van der Waals surface area contributed by atoms with Crippen LogP contribution in [0.2, 0.25) is 0 Å². The first-order valence-electron chi connectivity index (χ1n) is 10.4. The molecule has 6 heteroatoms. The standard InChI is InChI=1S/C23H28N4O2/c1-16(2)26-12-9-23(10-13-26)27-20(14-19(25-27)17-6-5-11-24-15-17)18-7-4-8-21(28-3)22(18)29-23/h4-8,11,14-16,20,25H,9-10,12-13H2,1-3H3/t20-/m1/s1. The Bertz CT molecular complexity index is 920. The van der Waals surface area contributed by atoms with Crippen molar-refractivity contribution >= 4 is 5.70 Å². The summed E-state index contributed by atoms with van der Waals surface area (Å²) in [5.41, 5.74) is 6.55. The van der Waals surface area contributed by atoms with Crippen molar-refractivity contribution in [1.29, 1.82) is 0 Å². The number of nitrogens with zero attached hydrogens (tertiary/aromatic N) is 3. The van der Waals surface area contributed by atoms with Crippen LogP contribution < -0.4 is 14.9 Å². The van der Waals surface area contributed by atoms with Crippen molar-refractivity contribution in [1.82, 2.24) is 20.3 Å². The van der Waals surface area contributed by atoms with Gasteiger partial charge in [-0.05, 0) is 38.1 Å². The van der Waals surface area contributed by atoms with Crippen LogP contribution in [0.15, 0.2) is 48.8 Å². The van der Waals surface area contributed by atoms with Gasteiger partial charge < -0.3 is 19.8 Å². The first-order valence-corrected chi connectivity index (χ1v) is 10.4. The molecule has 1 fully saturated rings. The fourth-order valence-electron chi connectivity index (χ4n) is 4.74. The summed E-state index contributed by atoms with van der Waals surface area (Å²) in [5.74, 6) is 1.68. The zero-order valence-corrected chi connectivity index (χ0v) is 17.3. The van der Waals surface area contributed by atoms with Crippen molar-refractivity contribution < 1.29 is 9.47 Å². The topological polar surface area (TPSA) is 49.9 Å². The molecule has 0 bridgehead atoms. The van der Waals surface area contributed by atoms with E-state index in [1.54, 1.807) is 13.3 Å². The van der Waals surface area contributed by atoms with Crippen molar-refractivity contribution in [2.75, 3.05) is 20.2 Å². The van der Waals surface area contributed by atoms with Gasteiger partial charge in [0.25, 0.3) is 0 Å². The maximum atomic E-state index is 6.77. The third kappa shape index (κ3) is 2.98. The van der Waals surface area contributed by atoms with Crippen LogP contribution in [0.1, 0.15) is 43.9 Å². The molecule has 0 radical (unpaired) electrons. The summed E-state index contributed by atoms with van der Waals surface area (Å²) in [5, 5.41) is 2.31. The third-order valence-electron chi connectivity index (χ3n) is 6.40. The van der Waals surface area contributed by atoms with Gasteiger partial charge in [-0.2, -0.15) is 5.01 Å². The van der Waals surface area contributed by atoms with E-state index in [0.29, 0.717) is 6.04 Å². The zero-order chi connectivity index (χ0) is 20.0. The van der Waals surface area contributed by atoms with Gasteiger partial charge in [-0.25, -0.2) is 0 Å². The number of ether oxygens (including phenoxy) is 2. The van der Waals surface area contributed by atoms with Gasteiger partial charge >= 0.3 is 0 Å². The highest BCUT2D eigenvalue weighted by atomic mass is 16.5. The Morgan fingerprint density at radius 3 is 2.72 bits per heavy atom. The largest absolute Gasteiger partial charge is 0.493 e. The molecule has 1 N–H and O–H groups in total. The van der Waals surface area contributed by atoms with Gasteiger partial charge in [0.15, 0.2) is 17.2 Å². The van der Waals surface area contributed by atoms with E-state index in [1.165, 1.54) is 0 Å². The minimum Gasteiger partial charge on any atom is -0.493 e. The maximum Gasteiger partial charge on any atom is 0.183 e. The van der Waals surface area contributed by atoms with Crippen LogP contribution >= 0.6 is 0 Å². The van der Waals surface area contributed by atoms with E-state index >= 15 is 0 Å². The summed E-state index contributed by atoms with van der Waals surface area (Å²) < 4.78 is 12.4. The molecule has 2 aromatic rings. The van der Waals surface area contributed by atoms with Crippen LogP contribution in [-0.4, -0.2) is 46.9 Å². The summed E-state index contributed by atoms with van der Waals surface area (Å²) >= 11 is 0. The number of aromatic nitrogens is 1. The van der Waals surface area contributed by atoms with Crippen LogP contribution in [-0.2, 0) is 0 Å². The monoisotopic (exact) mass is 392 g/mol. The molecule has 29 heavy (non-hydrogen) atoms. The lowest BCUT2D eigenvalue weighted by Crippen LogP contribution is -2.64. The minimum atomic E-state index is -0.405. The number of methoxy groups -OCH3 is 1. The molecule has 152 valence electrons. The van der Waals surface area contributed by atoms with E-state index in [2.05, 4.69) is 52.4 Å². The predicted molar refractivity (Wildman–Crippen MR) is 112 cm³/mol. The second-order valence-electron chi connectivity index (χ2n) is 8.31. The molecule has 4 heterocycles. The van der Waals surface area contributed by atoms with Crippen molar-refractivity contribution in [2.45, 2.75) is 44.5 Å². The zero-order valence-electron chi connectivity index (χ0n) is 17.3. The third-order valence-corrected chi connectivity index (χ3v) is 6.40. The lowest BCUT2D eigenvalue weighted by atomic mass is 9.92. The Morgan fingerprint density at radius 1 is 1.21 bits per heavy atom. The van der Waals surface area contributed by atoms with Crippen molar-refractivity contribution in [3.8, 4) is 11.5 Å². The number of piperidine rings is 1. The Hall–Kier alpha value is -2.57. The second-order valence-corrected chi connectivity index (χ2v) is 8.31. The van der Waals surface area contributed by atoms with Gasteiger partial charge in [0.1, 0.15) is 0 Å². The molecule has 0 aliphatic carbocycles. The van der Waals surface area contributed by atoms with E-state index in [1.807, 2.05) is 24.4 Å². The molecule has 3 aliphatic heterocycles. The number of rotatable bonds is 3. The summed E-state index contributed by atoms with van der Waals surface area (Å²) in [6.45, 7) is 6.54. The number of para-hydroxylation sites is 1. The summed E-state index contributed by atoms with van der Waals surface area (Å²) in [6, 6.07) is 10.9.